The minimum Gasteiger partial charge on any atom is -0.497 e. The summed E-state index contributed by atoms with van der Waals surface area (Å²) in [5.41, 5.74) is 2.03. The second-order valence-corrected chi connectivity index (χ2v) is 5.94. The van der Waals surface area contributed by atoms with Gasteiger partial charge in [0.1, 0.15) is 17.2 Å². The Morgan fingerprint density at radius 2 is 1.72 bits per heavy atom. The van der Waals surface area contributed by atoms with Crippen LogP contribution in [0.25, 0.3) is 0 Å². The highest BCUT2D eigenvalue weighted by Gasteiger charge is 2.07. The molecule has 0 saturated heterocycles. The number of methoxy groups -OCH3 is 2. The molecule has 2 rings (SSSR count). The van der Waals surface area contributed by atoms with E-state index in [2.05, 4.69) is 18.3 Å². The van der Waals surface area contributed by atoms with Crippen LogP contribution in [-0.4, -0.2) is 20.8 Å². The third-order valence-electron chi connectivity index (χ3n) is 4.10. The van der Waals surface area contributed by atoms with E-state index in [-0.39, 0.29) is 0 Å². The van der Waals surface area contributed by atoms with E-state index in [1.807, 2.05) is 36.4 Å². The fourth-order valence-corrected chi connectivity index (χ4v) is 2.64. The minimum atomic E-state index is 0.661. The van der Waals surface area contributed by atoms with E-state index >= 15 is 0 Å². The second-order valence-electron chi connectivity index (χ2n) is 5.94. The third kappa shape index (κ3) is 5.89. The Morgan fingerprint density at radius 3 is 2.48 bits per heavy atom. The number of anilines is 1. The predicted molar refractivity (Wildman–Crippen MR) is 103 cm³/mol. The molecule has 4 heteroatoms. The molecule has 1 N–H and O–H groups in total. The number of rotatable bonds is 11. The summed E-state index contributed by atoms with van der Waals surface area (Å²) >= 11 is 0. The fraction of sp³-hybridized carbons (Fsp3) is 0.429. The van der Waals surface area contributed by atoms with Crippen LogP contribution >= 0.6 is 0 Å². The van der Waals surface area contributed by atoms with Crippen molar-refractivity contribution >= 4 is 5.69 Å². The molecule has 0 heterocycles. The average Bonchev–Trinajstić information content (AvgIpc) is 2.66. The molecule has 0 aromatic heterocycles. The number of ether oxygens (including phenoxy) is 3. The van der Waals surface area contributed by atoms with Crippen molar-refractivity contribution in [2.75, 3.05) is 26.1 Å². The van der Waals surface area contributed by atoms with Crippen molar-refractivity contribution in [3.63, 3.8) is 0 Å². The van der Waals surface area contributed by atoms with Gasteiger partial charge in [0.25, 0.3) is 0 Å². The van der Waals surface area contributed by atoms with Crippen LogP contribution in [0.15, 0.2) is 42.5 Å². The van der Waals surface area contributed by atoms with E-state index in [1.165, 1.54) is 19.3 Å². The lowest BCUT2D eigenvalue weighted by molar-refractivity contribution is 0.302. The molecule has 136 valence electrons. The van der Waals surface area contributed by atoms with Crippen LogP contribution in [0.1, 0.15) is 38.2 Å². The molecule has 0 aliphatic heterocycles. The van der Waals surface area contributed by atoms with Gasteiger partial charge in [0.05, 0.1) is 26.5 Å². The number of unbranched alkanes of at least 4 members (excludes halogenated alkanes) is 3. The van der Waals surface area contributed by atoms with Gasteiger partial charge in [-0.2, -0.15) is 0 Å². The number of benzene rings is 2. The van der Waals surface area contributed by atoms with Crippen LogP contribution in [0.2, 0.25) is 0 Å². The SMILES string of the molecule is CCCCCCOc1ccccc1CNc1cc(OC)ccc1OC. The van der Waals surface area contributed by atoms with Gasteiger partial charge in [0.15, 0.2) is 0 Å². The van der Waals surface area contributed by atoms with E-state index in [4.69, 9.17) is 14.2 Å². The van der Waals surface area contributed by atoms with E-state index in [0.717, 1.165) is 41.5 Å². The molecule has 0 saturated carbocycles. The van der Waals surface area contributed by atoms with Gasteiger partial charge >= 0.3 is 0 Å². The molecule has 25 heavy (non-hydrogen) atoms. The monoisotopic (exact) mass is 343 g/mol. The summed E-state index contributed by atoms with van der Waals surface area (Å²) in [6.45, 7) is 3.64. The molecule has 0 amide bonds. The largest absolute Gasteiger partial charge is 0.497 e. The lowest BCUT2D eigenvalue weighted by atomic mass is 10.2. The Labute approximate surface area is 151 Å². The molecule has 0 unspecified atom stereocenters. The van der Waals surface area contributed by atoms with Crippen molar-refractivity contribution < 1.29 is 14.2 Å². The zero-order chi connectivity index (χ0) is 17.9. The Kier molecular flexibility index (Phi) is 7.96. The molecule has 0 atom stereocenters. The van der Waals surface area contributed by atoms with Gasteiger partial charge in [-0.3, -0.25) is 0 Å². The third-order valence-corrected chi connectivity index (χ3v) is 4.10. The van der Waals surface area contributed by atoms with Crippen LogP contribution in [-0.2, 0) is 6.54 Å². The molecular formula is C21H29NO3. The van der Waals surface area contributed by atoms with Crippen molar-refractivity contribution in [3.05, 3.63) is 48.0 Å². The van der Waals surface area contributed by atoms with Gasteiger partial charge in [0.2, 0.25) is 0 Å². The summed E-state index contributed by atoms with van der Waals surface area (Å²) < 4.78 is 16.7. The first-order valence-corrected chi connectivity index (χ1v) is 8.95. The molecule has 0 bridgehead atoms. The lowest BCUT2D eigenvalue weighted by Gasteiger charge is -2.15. The summed E-state index contributed by atoms with van der Waals surface area (Å²) in [7, 11) is 3.33. The van der Waals surface area contributed by atoms with Gasteiger partial charge in [-0.25, -0.2) is 0 Å². The van der Waals surface area contributed by atoms with Crippen molar-refractivity contribution in [2.45, 2.75) is 39.2 Å². The molecule has 0 spiro atoms. The summed E-state index contributed by atoms with van der Waals surface area (Å²) in [6.07, 6.45) is 4.82. The molecule has 0 radical (unpaired) electrons. The normalized spacial score (nSPS) is 10.4. The standard InChI is InChI=1S/C21H29NO3/c1-4-5-6-9-14-25-20-11-8-7-10-17(20)16-22-19-15-18(23-2)12-13-21(19)24-3/h7-8,10-13,15,22H,4-6,9,14,16H2,1-3H3. The topological polar surface area (TPSA) is 39.7 Å². The van der Waals surface area contributed by atoms with Gasteiger partial charge in [-0.05, 0) is 24.6 Å². The zero-order valence-corrected chi connectivity index (χ0v) is 15.5. The second kappa shape index (κ2) is 10.5. The molecule has 2 aromatic carbocycles. The van der Waals surface area contributed by atoms with E-state index in [0.29, 0.717) is 6.54 Å². The Bertz CT molecular complexity index is 643. The molecule has 0 aliphatic carbocycles. The van der Waals surface area contributed by atoms with E-state index < -0.39 is 0 Å². The zero-order valence-electron chi connectivity index (χ0n) is 15.5. The molecule has 0 aliphatic rings. The number of hydrogen-bond acceptors (Lipinski definition) is 4. The van der Waals surface area contributed by atoms with E-state index in [1.54, 1.807) is 14.2 Å². The molecule has 0 fully saturated rings. The quantitative estimate of drug-likeness (QED) is 0.564. The first-order chi connectivity index (χ1) is 12.3. The van der Waals surface area contributed by atoms with Crippen LogP contribution in [0, 0.1) is 0 Å². The Morgan fingerprint density at radius 1 is 0.880 bits per heavy atom. The number of para-hydroxylation sites is 1. The number of hydrogen-bond donors (Lipinski definition) is 1. The van der Waals surface area contributed by atoms with Gasteiger partial charge < -0.3 is 19.5 Å². The van der Waals surface area contributed by atoms with Gasteiger partial charge in [-0.1, -0.05) is 44.4 Å². The Balaban J connectivity index is 1.99. The van der Waals surface area contributed by atoms with Crippen LogP contribution in [0.5, 0.6) is 17.2 Å². The smallest absolute Gasteiger partial charge is 0.142 e. The fourth-order valence-electron chi connectivity index (χ4n) is 2.64. The lowest BCUT2D eigenvalue weighted by Crippen LogP contribution is -2.05. The minimum absolute atomic E-state index is 0.661. The molecule has 4 nitrogen and oxygen atoms in total. The highest BCUT2D eigenvalue weighted by molar-refractivity contribution is 5.60. The Hall–Kier alpha value is -2.36. The highest BCUT2D eigenvalue weighted by atomic mass is 16.5. The number of nitrogens with one attached hydrogen (secondary N) is 1. The first-order valence-electron chi connectivity index (χ1n) is 8.95. The van der Waals surface area contributed by atoms with Gasteiger partial charge in [-0.15, -0.1) is 0 Å². The van der Waals surface area contributed by atoms with Crippen LogP contribution in [0.4, 0.5) is 5.69 Å². The maximum atomic E-state index is 5.98. The van der Waals surface area contributed by atoms with Gasteiger partial charge in [0, 0.05) is 18.2 Å². The molecular weight excluding hydrogens is 314 g/mol. The maximum absolute atomic E-state index is 5.98. The van der Waals surface area contributed by atoms with Crippen molar-refractivity contribution in [2.24, 2.45) is 0 Å². The summed E-state index contributed by atoms with van der Waals surface area (Å²) in [5.74, 6) is 2.52. The summed E-state index contributed by atoms with van der Waals surface area (Å²) in [4.78, 5) is 0. The summed E-state index contributed by atoms with van der Waals surface area (Å²) in [6, 6.07) is 13.9. The van der Waals surface area contributed by atoms with Crippen LogP contribution in [0.3, 0.4) is 0 Å². The van der Waals surface area contributed by atoms with Crippen molar-refractivity contribution in [1.29, 1.82) is 0 Å². The maximum Gasteiger partial charge on any atom is 0.142 e. The highest BCUT2D eigenvalue weighted by Crippen LogP contribution is 2.30. The molecule has 2 aromatic rings. The first kappa shape index (κ1) is 19.0. The van der Waals surface area contributed by atoms with E-state index in [9.17, 15) is 0 Å². The average molecular weight is 343 g/mol. The van der Waals surface area contributed by atoms with Crippen LogP contribution < -0.4 is 19.5 Å². The van der Waals surface area contributed by atoms with Crippen molar-refractivity contribution in [1.82, 2.24) is 0 Å². The predicted octanol–water partition coefficient (Wildman–Crippen LogP) is 5.28. The summed E-state index contributed by atoms with van der Waals surface area (Å²) in [5, 5.41) is 3.42. The van der Waals surface area contributed by atoms with Crippen molar-refractivity contribution in [3.8, 4) is 17.2 Å².